The van der Waals surface area contributed by atoms with Gasteiger partial charge in [0, 0.05) is 18.7 Å². The molecule has 2 heterocycles. The van der Waals surface area contributed by atoms with Crippen LogP contribution < -0.4 is 5.32 Å². The first-order valence-electron chi connectivity index (χ1n) is 6.50. The molecule has 0 bridgehead atoms. The van der Waals surface area contributed by atoms with E-state index < -0.39 is 0 Å². The topological polar surface area (TPSA) is 48.7 Å². The Bertz CT molecular complexity index is 380. The predicted octanol–water partition coefficient (Wildman–Crippen LogP) is 3.31. The van der Waals surface area contributed by atoms with E-state index in [2.05, 4.69) is 28.5 Å². The normalized spacial score (nSPS) is 12.5. The van der Waals surface area contributed by atoms with Gasteiger partial charge >= 0.3 is 0 Å². The zero-order chi connectivity index (χ0) is 12.5. The molecule has 0 fully saturated rings. The molecular weight excluding hydrogens is 210 g/mol. The number of rotatable bonds is 3. The van der Waals surface area contributed by atoms with E-state index in [1.807, 2.05) is 13.8 Å². The van der Waals surface area contributed by atoms with Crippen molar-refractivity contribution < 1.29 is 0 Å². The molecule has 0 aliphatic carbocycles. The predicted molar refractivity (Wildman–Crippen MR) is 70.9 cm³/mol. The number of aromatic nitrogens is 1. The van der Waals surface area contributed by atoms with Crippen LogP contribution in [-0.2, 0) is 12.8 Å². The number of hydrogen-bond donors (Lipinski definition) is 1. The van der Waals surface area contributed by atoms with E-state index in [9.17, 15) is 0 Å². The van der Waals surface area contributed by atoms with Gasteiger partial charge in [0.1, 0.15) is 5.82 Å². The summed E-state index contributed by atoms with van der Waals surface area (Å²) in [6.45, 7) is 5.03. The first kappa shape index (κ1) is 13.5. The number of aryl methyl sites for hydroxylation is 2. The minimum atomic E-state index is 0.617. The first-order chi connectivity index (χ1) is 8.40. The number of nitrogens with zero attached hydrogens (tertiary/aromatic N) is 2. The Kier molecular flexibility index (Phi) is 6.09. The minimum Gasteiger partial charge on any atom is -0.370 e. The van der Waals surface area contributed by atoms with Gasteiger partial charge in [-0.3, -0.25) is 0 Å². The zero-order valence-electron chi connectivity index (χ0n) is 10.8. The van der Waals surface area contributed by atoms with Crippen LogP contribution in [0, 0.1) is 11.3 Å². The highest BCUT2D eigenvalue weighted by Gasteiger charge is 2.09. The first-order valence-corrected chi connectivity index (χ1v) is 6.50. The second-order valence-corrected chi connectivity index (χ2v) is 3.85. The standard InChI is InChI=1S/C12H15N3.C2H6/c13-8-2-1-5-11-7-6-10-4-3-9-14-12(10)15-11;1-2/h6-7H,1-5,9H2,(H,14,15);1-2H3. The molecule has 92 valence electrons. The quantitative estimate of drug-likeness (QED) is 0.812. The lowest BCUT2D eigenvalue weighted by Gasteiger charge is -2.17. The number of pyridine rings is 1. The van der Waals surface area contributed by atoms with Crippen molar-refractivity contribution in [2.75, 3.05) is 11.9 Å². The molecule has 1 aliphatic heterocycles. The third kappa shape index (κ3) is 4.07. The van der Waals surface area contributed by atoms with Gasteiger partial charge in [-0.05, 0) is 37.3 Å². The van der Waals surface area contributed by atoms with Gasteiger partial charge < -0.3 is 5.32 Å². The van der Waals surface area contributed by atoms with Crippen LogP contribution in [0.15, 0.2) is 12.1 Å². The molecular formula is C14H21N3. The van der Waals surface area contributed by atoms with Crippen molar-refractivity contribution in [3.63, 3.8) is 0 Å². The molecule has 1 aliphatic rings. The Labute approximate surface area is 104 Å². The maximum absolute atomic E-state index is 8.45. The summed E-state index contributed by atoms with van der Waals surface area (Å²) in [6, 6.07) is 6.41. The number of unbranched alkanes of at least 4 members (excludes halogenated alkanes) is 1. The van der Waals surface area contributed by atoms with E-state index in [1.54, 1.807) is 0 Å². The van der Waals surface area contributed by atoms with Gasteiger partial charge in [-0.2, -0.15) is 5.26 Å². The fourth-order valence-corrected chi connectivity index (χ4v) is 1.86. The molecule has 2 rings (SSSR count). The molecule has 17 heavy (non-hydrogen) atoms. The van der Waals surface area contributed by atoms with Gasteiger partial charge in [-0.25, -0.2) is 4.98 Å². The molecule has 1 aromatic rings. The lowest BCUT2D eigenvalue weighted by atomic mass is 10.1. The second kappa shape index (κ2) is 7.67. The van der Waals surface area contributed by atoms with Crippen LogP contribution in [0.4, 0.5) is 5.82 Å². The van der Waals surface area contributed by atoms with Crippen LogP contribution in [0.5, 0.6) is 0 Å². The molecule has 0 spiro atoms. The van der Waals surface area contributed by atoms with E-state index in [4.69, 9.17) is 5.26 Å². The van der Waals surface area contributed by atoms with E-state index in [1.165, 1.54) is 12.0 Å². The average molecular weight is 231 g/mol. The van der Waals surface area contributed by atoms with Crippen LogP contribution in [-0.4, -0.2) is 11.5 Å². The molecule has 0 amide bonds. The summed E-state index contributed by atoms with van der Waals surface area (Å²) in [6.07, 6.45) is 4.76. The van der Waals surface area contributed by atoms with Gasteiger partial charge in [0.25, 0.3) is 0 Å². The van der Waals surface area contributed by atoms with Gasteiger partial charge in [0.15, 0.2) is 0 Å². The summed E-state index contributed by atoms with van der Waals surface area (Å²) in [5.74, 6) is 1.05. The summed E-state index contributed by atoms with van der Waals surface area (Å²) in [5.41, 5.74) is 2.42. The van der Waals surface area contributed by atoms with Gasteiger partial charge in [0.05, 0.1) is 6.07 Å². The molecule has 0 unspecified atom stereocenters. The number of nitriles is 1. The van der Waals surface area contributed by atoms with Crippen molar-refractivity contribution in [2.24, 2.45) is 0 Å². The molecule has 0 aromatic carbocycles. The Balaban J connectivity index is 0.000000686. The summed E-state index contributed by atoms with van der Waals surface area (Å²) in [4.78, 5) is 4.56. The van der Waals surface area contributed by atoms with E-state index in [0.29, 0.717) is 6.42 Å². The Hall–Kier alpha value is -1.56. The lowest BCUT2D eigenvalue weighted by molar-refractivity contribution is 0.790. The highest BCUT2D eigenvalue weighted by Crippen LogP contribution is 2.20. The largest absolute Gasteiger partial charge is 0.370 e. The zero-order valence-corrected chi connectivity index (χ0v) is 10.8. The monoisotopic (exact) mass is 231 g/mol. The molecule has 3 nitrogen and oxygen atoms in total. The van der Waals surface area contributed by atoms with Crippen molar-refractivity contribution in [3.05, 3.63) is 23.4 Å². The summed E-state index contributed by atoms with van der Waals surface area (Å²) < 4.78 is 0. The van der Waals surface area contributed by atoms with Crippen molar-refractivity contribution in [3.8, 4) is 6.07 Å². The number of hydrogen-bond acceptors (Lipinski definition) is 3. The smallest absolute Gasteiger partial charge is 0.129 e. The average Bonchev–Trinajstić information content (AvgIpc) is 2.41. The van der Waals surface area contributed by atoms with Crippen LogP contribution in [0.3, 0.4) is 0 Å². The third-order valence-electron chi connectivity index (χ3n) is 2.67. The van der Waals surface area contributed by atoms with Gasteiger partial charge in [-0.15, -0.1) is 0 Å². The van der Waals surface area contributed by atoms with Crippen molar-refractivity contribution >= 4 is 5.82 Å². The fourth-order valence-electron chi connectivity index (χ4n) is 1.86. The highest BCUT2D eigenvalue weighted by molar-refractivity contribution is 5.46. The molecule has 1 N–H and O–H groups in total. The van der Waals surface area contributed by atoms with E-state index >= 15 is 0 Å². The summed E-state index contributed by atoms with van der Waals surface area (Å²) in [5, 5.41) is 11.8. The lowest BCUT2D eigenvalue weighted by Crippen LogP contribution is -2.13. The number of nitrogens with one attached hydrogen (secondary N) is 1. The van der Waals surface area contributed by atoms with Crippen LogP contribution in [0.2, 0.25) is 0 Å². The molecule has 0 atom stereocenters. The number of anilines is 1. The van der Waals surface area contributed by atoms with Crippen molar-refractivity contribution in [2.45, 2.75) is 46.0 Å². The molecule has 1 aromatic heterocycles. The molecule has 3 heteroatoms. The highest BCUT2D eigenvalue weighted by atomic mass is 15.0. The molecule has 0 radical (unpaired) electrons. The maximum atomic E-state index is 8.45. The minimum absolute atomic E-state index is 0.617. The maximum Gasteiger partial charge on any atom is 0.129 e. The fraction of sp³-hybridized carbons (Fsp3) is 0.571. The Morgan fingerprint density at radius 1 is 1.41 bits per heavy atom. The van der Waals surface area contributed by atoms with Crippen LogP contribution in [0.1, 0.15) is 44.4 Å². The summed E-state index contributed by atoms with van der Waals surface area (Å²) >= 11 is 0. The Morgan fingerprint density at radius 2 is 2.24 bits per heavy atom. The van der Waals surface area contributed by atoms with E-state index in [-0.39, 0.29) is 0 Å². The van der Waals surface area contributed by atoms with Crippen LogP contribution >= 0.6 is 0 Å². The third-order valence-corrected chi connectivity index (χ3v) is 2.67. The van der Waals surface area contributed by atoms with Gasteiger partial charge in [-0.1, -0.05) is 19.9 Å². The molecule has 0 saturated carbocycles. The second-order valence-electron chi connectivity index (χ2n) is 3.85. The van der Waals surface area contributed by atoms with Crippen molar-refractivity contribution in [1.82, 2.24) is 4.98 Å². The molecule has 0 saturated heterocycles. The van der Waals surface area contributed by atoms with E-state index in [0.717, 1.165) is 37.3 Å². The van der Waals surface area contributed by atoms with Crippen LogP contribution in [0.25, 0.3) is 0 Å². The SMILES string of the molecule is CC.N#CCCCc1ccc2c(n1)NCCC2. The van der Waals surface area contributed by atoms with Crippen molar-refractivity contribution in [1.29, 1.82) is 5.26 Å². The number of fused-ring (bicyclic) bond motifs is 1. The summed E-state index contributed by atoms with van der Waals surface area (Å²) in [7, 11) is 0. The Morgan fingerprint density at radius 3 is 3.00 bits per heavy atom. The van der Waals surface area contributed by atoms with Gasteiger partial charge in [0.2, 0.25) is 0 Å².